The van der Waals surface area contributed by atoms with Crippen molar-refractivity contribution in [3.63, 3.8) is 0 Å². The Labute approximate surface area is 297 Å². The van der Waals surface area contributed by atoms with Gasteiger partial charge in [0.1, 0.15) is 0 Å². The van der Waals surface area contributed by atoms with E-state index in [0.29, 0.717) is 0 Å². The Morgan fingerprint density at radius 1 is 0.523 bits per heavy atom. The number of hydrogen-bond acceptors (Lipinski definition) is 0. The Morgan fingerprint density at radius 3 is 1.66 bits per heavy atom. The van der Waals surface area contributed by atoms with Gasteiger partial charge in [-0.3, -0.25) is 0 Å². The van der Waals surface area contributed by atoms with E-state index in [1.807, 2.05) is 0 Å². The van der Waals surface area contributed by atoms with Crippen LogP contribution in [-0.4, -0.2) is 0 Å². The molecule has 0 aromatic heterocycles. The van der Waals surface area contributed by atoms with Crippen LogP contribution >= 0.6 is 0 Å². The standard InChI is InChI=1S/C21H23.C20H21.2ClH.Zr/c1-14-11-17-13-19(21(3,4)5)15(2)20(18(17)12-14)16-9-7-6-8-10-16;1-14-12-16-6-5-7-18(19(16)13-14)15-8-10-17(11-9-15)20(2,3)4;;;/h6-13H,1-5H3;5-13H,1-4H3;2*1H;/q2*-1;;;+4/p-2. The molecule has 0 aliphatic carbocycles. The number of hydrogen-bond donors (Lipinski definition) is 0. The second-order valence-electron chi connectivity index (χ2n) is 13.7. The summed E-state index contributed by atoms with van der Waals surface area (Å²) in [6.07, 6.45) is 0. The summed E-state index contributed by atoms with van der Waals surface area (Å²) in [5.74, 6) is 0. The third-order valence-corrected chi connectivity index (χ3v) is 8.24. The first-order chi connectivity index (χ1) is 19.3. The third kappa shape index (κ3) is 8.04. The first-order valence-corrected chi connectivity index (χ1v) is 14.9. The van der Waals surface area contributed by atoms with Crippen molar-refractivity contribution < 1.29 is 51.0 Å². The van der Waals surface area contributed by atoms with Crippen LogP contribution in [0.15, 0.2) is 103 Å². The molecule has 0 amide bonds. The van der Waals surface area contributed by atoms with Crippen molar-refractivity contribution in [1.29, 1.82) is 0 Å². The van der Waals surface area contributed by atoms with Crippen LogP contribution in [0.3, 0.4) is 0 Å². The van der Waals surface area contributed by atoms with Crippen LogP contribution in [0.2, 0.25) is 0 Å². The topological polar surface area (TPSA) is 0 Å². The van der Waals surface area contributed by atoms with E-state index < -0.39 is 0 Å². The van der Waals surface area contributed by atoms with Crippen LogP contribution in [0.25, 0.3) is 43.8 Å². The second-order valence-corrected chi connectivity index (χ2v) is 13.7. The van der Waals surface area contributed by atoms with Crippen LogP contribution < -0.4 is 24.8 Å². The predicted octanol–water partition coefficient (Wildman–Crippen LogP) is 5.98. The van der Waals surface area contributed by atoms with E-state index in [4.69, 9.17) is 0 Å². The Hall–Kier alpha value is -2.44. The summed E-state index contributed by atoms with van der Waals surface area (Å²) in [4.78, 5) is 0. The summed E-state index contributed by atoms with van der Waals surface area (Å²) in [5, 5.41) is 5.43. The molecule has 0 N–H and O–H groups in total. The Balaban J connectivity index is 0.000000287. The molecule has 0 heterocycles. The normalized spacial score (nSPS) is 11.2. The number of rotatable bonds is 2. The van der Waals surface area contributed by atoms with Gasteiger partial charge < -0.3 is 24.8 Å². The minimum absolute atomic E-state index is 0. The number of fused-ring (bicyclic) bond motifs is 2. The molecule has 0 unspecified atom stereocenters. The van der Waals surface area contributed by atoms with E-state index in [2.05, 4.69) is 165 Å². The van der Waals surface area contributed by atoms with Gasteiger partial charge in [-0.2, -0.15) is 12.1 Å². The number of aryl methyl sites for hydroxylation is 2. The molecule has 0 atom stereocenters. The predicted molar refractivity (Wildman–Crippen MR) is 182 cm³/mol. The molecular weight excluding hydrogens is 655 g/mol. The van der Waals surface area contributed by atoms with Gasteiger partial charge in [-0.25, -0.2) is 0 Å². The third-order valence-electron chi connectivity index (χ3n) is 8.24. The molecule has 3 heteroatoms. The minimum Gasteiger partial charge on any atom is -1.00 e. The molecule has 0 aliphatic rings. The average molecular weight is 699 g/mol. The zero-order valence-electron chi connectivity index (χ0n) is 27.6. The largest absolute Gasteiger partial charge is 4.00 e. The fourth-order valence-electron chi connectivity index (χ4n) is 6.15. The van der Waals surface area contributed by atoms with E-state index in [0.717, 1.165) is 0 Å². The maximum atomic E-state index is 2.38. The van der Waals surface area contributed by atoms with Crippen LogP contribution in [0, 0.1) is 20.8 Å². The van der Waals surface area contributed by atoms with E-state index >= 15 is 0 Å². The number of benzene rings is 4. The van der Waals surface area contributed by atoms with Gasteiger partial charge in [0.2, 0.25) is 0 Å². The van der Waals surface area contributed by atoms with Gasteiger partial charge in [0.15, 0.2) is 0 Å². The molecule has 6 aromatic carbocycles. The van der Waals surface area contributed by atoms with Crippen LogP contribution in [-0.2, 0) is 37.0 Å². The van der Waals surface area contributed by atoms with Crippen LogP contribution in [0.1, 0.15) is 69.4 Å². The molecular formula is C41H44Cl2Zr. The fraction of sp³-hybridized carbons (Fsp3) is 0.268. The van der Waals surface area contributed by atoms with E-state index in [-0.39, 0.29) is 61.8 Å². The molecule has 0 saturated carbocycles. The molecule has 0 spiro atoms. The molecule has 6 aromatic rings. The van der Waals surface area contributed by atoms with Gasteiger partial charge in [0.05, 0.1) is 0 Å². The molecule has 6 rings (SSSR count). The monoisotopic (exact) mass is 696 g/mol. The summed E-state index contributed by atoms with van der Waals surface area (Å²) < 4.78 is 0. The minimum atomic E-state index is 0. The van der Waals surface area contributed by atoms with Crippen molar-refractivity contribution in [2.45, 2.75) is 73.1 Å². The van der Waals surface area contributed by atoms with Crippen molar-refractivity contribution in [2.75, 3.05) is 0 Å². The zero-order valence-corrected chi connectivity index (χ0v) is 31.5. The van der Waals surface area contributed by atoms with Crippen molar-refractivity contribution in [2.24, 2.45) is 0 Å². The molecule has 0 fully saturated rings. The quantitative estimate of drug-likeness (QED) is 0.196. The van der Waals surface area contributed by atoms with Crippen molar-refractivity contribution in [3.05, 3.63) is 131 Å². The van der Waals surface area contributed by atoms with Crippen molar-refractivity contribution in [1.82, 2.24) is 0 Å². The Kier molecular flexibility index (Phi) is 12.7. The van der Waals surface area contributed by atoms with E-state index in [9.17, 15) is 0 Å². The van der Waals surface area contributed by atoms with E-state index in [1.165, 1.54) is 71.6 Å². The molecule has 0 nitrogen and oxygen atoms in total. The van der Waals surface area contributed by atoms with Crippen LogP contribution in [0.5, 0.6) is 0 Å². The van der Waals surface area contributed by atoms with Gasteiger partial charge in [0, 0.05) is 0 Å². The van der Waals surface area contributed by atoms with Gasteiger partial charge in [-0.15, -0.1) is 63.0 Å². The Bertz CT molecular complexity index is 1810. The summed E-state index contributed by atoms with van der Waals surface area (Å²) in [5.41, 5.74) is 12.6. The summed E-state index contributed by atoms with van der Waals surface area (Å²) in [6.45, 7) is 20.3. The van der Waals surface area contributed by atoms with E-state index in [1.54, 1.807) is 0 Å². The first kappa shape index (κ1) is 37.7. The molecule has 226 valence electrons. The van der Waals surface area contributed by atoms with Crippen molar-refractivity contribution >= 4 is 21.5 Å². The summed E-state index contributed by atoms with van der Waals surface area (Å²) in [7, 11) is 0. The SMILES string of the molecule is Cc1cc2c(-c3ccc(C(C)(C)C)cc3)cccc2[cH-]1.Cc1cc2c(-c3ccccc3)c(C)c(C(C)(C)C)cc2[cH-]1.[Cl-].[Cl-].[Zr+4]. The molecule has 0 radical (unpaired) electrons. The van der Waals surface area contributed by atoms with Gasteiger partial charge in [0.25, 0.3) is 0 Å². The summed E-state index contributed by atoms with van der Waals surface area (Å²) in [6, 6.07) is 37.9. The maximum absolute atomic E-state index is 2.38. The van der Waals surface area contributed by atoms with Crippen LogP contribution in [0.4, 0.5) is 0 Å². The van der Waals surface area contributed by atoms with Gasteiger partial charge in [-0.1, -0.05) is 138 Å². The number of halogens is 2. The van der Waals surface area contributed by atoms with Gasteiger partial charge in [-0.05, 0) is 34.4 Å². The smallest absolute Gasteiger partial charge is 1.00 e. The first-order valence-electron chi connectivity index (χ1n) is 14.9. The molecule has 0 aliphatic heterocycles. The second kappa shape index (κ2) is 14.8. The molecule has 44 heavy (non-hydrogen) atoms. The molecule has 0 bridgehead atoms. The van der Waals surface area contributed by atoms with Crippen molar-refractivity contribution in [3.8, 4) is 22.3 Å². The maximum Gasteiger partial charge on any atom is 4.00 e. The Morgan fingerprint density at radius 2 is 1.09 bits per heavy atom. The van der Waals surface area contributed by atoms with Gasteiger partial charge >= 0.3 is 26.2 Å². The fourth-order valence-corrected chi connectivity index (χ4v) is 6.15. The average Bonchev–Trinajstić information content (AvgIpc) is 3.48. The zero-order chi connectivity index (χ0) is 29.5. The molecule has 0 saturated heterocycles. The summed E-state index contributed by atoms with van der Waals surface area (Å²) >= 11 is 0.